The van der Waals surface area contributed by atoms with Crippen LogP contribution in [0.25, 0.3) is 0 Å². The number of carboxylic acids is 1. The molecule has 0 saturated heterocycles. The van der Waals surface area contributed by atoms with Crippen LogP contribution in [-0.2, 0) is 6.42 Å². The van der Waals surface area contributed by atoms with E-state index in [-0.39, 0.29) is 30.1 Å². The molecule has 0 bridgehead atoms. The van der Waals surface area contributed by atoms with E-state index in [2.05, 4.69) is 15.3 Å². The molecule has 4 N–H and O–H groups in total. The van der Waals surface area contributed by atoms with Crippen LogP contribution in [0.3, 0.4) is 0 Å². The van der Waals surface area contributed by atoms with Crippen LogP contribution in [0.4, 0.5) is 11.6 Å². The Morgan fingerprint density at radius 1 is 1.36 bits per heavy atom. The zero-order valence-corrected chi connectivity index (χ0v) is 12.3. The van der Waals surface area contributed by atoms with Gasteiger partial charge in [-0.15, -0.1) is 0 Å². The largest absolute Gasteiger partial charge is 0.478 e. The molecule has 2 aromatic rings. The first kappa shape index (κ1) is 15.7. The number of anilines is 2. The number of aliphatic hydroxyl groups is 1. The van der Waals surface area contributed by atoms with Crippen molar-refractivity contribution in [1.82, 2.24) is 9.97 Å². The number of aromatic nitrogens is 2. The van der Waals surface area contributed by atoms with Gasteiger partial charge in [-0.25, -0.2) is 9.78 Å². The average Bonchev–Trinajstić information content (AvgIpc) is 2.45. The fourth-order valence-corrected chi connectivity index (χ4v) is 2.09. The third kappa shape index (κ3) is 3.32. The third-order valence-electron chi connectivity index (χ3n) is 3.32. The Morgan fingerprint density at radius 3 is 2.68 bits per heavy atom. The molecular formula is C15H17N3O4. The Labute approximate surface area is 126 Å². The van der Waals surface area contributed by atoms with Crippen LogP contribution < -0.4 is 10.9 Å². The summed E-state index contributed by atoms with van der Waals surface area (Å²) in [6, 6.07) is 4.67. The van der Waals surface area contributed by atoms with Gasteiger partial charge in [-0.05, 0) is 31.5 Å². The lowest BCUT2D eigenvalue weighted by Gasteiger charge is -2.11. The van der Waals surface area contributed by atoms with Gasteiger partial charge in [0, 0.05) is 24.3 Å². The molecule has 2 rings (SSSR count). The minimum absolute atomic E-state index is 0.127. The first-order valence-corrected chi connectivity index (χ1v) is 6.74. The van der Waals surface area contributed by atoms with Crippen molar-refractivity contribution in [2.24, 2.45) is 0 Å². The predicted octanol–water partition coefficient (Wildman–Crippen LogP) is 1.36. The first-order valence-electron chi connectivity index (χ1n) is 6.74. The molecule has 0 saturated carbocycles. The third-order valence-corrected chi connectivity index (χ3v) is 3.32. The SMILES string of the molecule is Cc1ccc(C(=O)O)cc1Nc1nc(C)c(CCO)c(=O)[nH]1. The van der Waals surface area contributed by atoms with E-state index in [0.29, 0.717) is 16.9 Å². The molecule has 7 nitrogen and oxygen atoms in total. The number of benzene rings is 1. The van der Waals surface area contributed by atoms with E-state index >= 15 is 0 Å². The van der Waals surface area contributed by atoms with Crippen molar-refractivity contribution in [3.8, 4) is 0 Å². The van der Waals surface area contributed by atoms with Gasteiger partial charge in [0.15, 0.2) is 0 Å². The highest BCUT2D eigenvalue weighted by molar-refractivity contribution is 5.89. The Morgan fingerprint density at radius 2 is 2.09 bits per heavy atom. The fraction of sp³-hybridized carbons (Fsp3) is 0.267. The lowest BCUT2D eigenvalue weighted by atomic mass is 10.1. The van der Waals surface area contributed by atoms with Crippen molar-refractivity contribution < 1.29 is 15.0 Å². The quantitative estimate of drug-likeness (QED) is 0.663. The van der Waals surface area contributed by atoms with Gasteiger partial charge in [0.05, 0.1) is 11.3 Å². The van der Waals surface area contributed by atoms with Gasteiger partial charge >= 0.3 is 5.97 Å². The van der Waals surface area contributed by atoms with E-state index in [9.17, 15) is 9.59 Å². The smallest absolute Gasteiger partial charge is 0.335 e. The van der Waals surface area contributed by atoms with E-state index in [4.69, 9.17) is 10.2 Å². The maximum Gasteiger partial charge on any atom is 0.335 e. The second-order valence-corrected chi connectivity index (χ2v) is 4.91. The molecule has 1 aromatic heterocycles. The van der Waals surface area contributed by atoms with Crippen LogP contribution in [0.15, 0.2) is 23.0 Å². The average molecular weight is 303 g/mol. The number of carboxylic acid groups (broad SMARTS) is 1. The van der Waals surface area contributed by atoms with Gasteiger partial charge in [0.1, 0.15) is 0 Å². The number of aryl methyl sites for hydroxylation is 2. The Hall–Kier alpha value is -2.67. The molecule has 22 heavy (non-hydrogen) atoms. The van der Waals surface area contributed by atoms with Gasteiger partial charge in [0.2, 0.25) is 5.95 Å². The van der Waals surface area contributed by atoms with Gasteiger partial charge in [0.25, 0.3) is 5.56 Å². The van der Waals surface area contributed by atoms with Gasteiger partial charge < -0.3 is 15.5 Å². The summed E-state index contributed by atoms with van der Waals surface area (Å²) in [5, 5.41) is 20.9. The number of carbonyl (C=O) groups is 1. The van der Waals surface area contributed by atoms with Crippen molar-refractivity contribution in [2.75, 3.05) is 11.9 Å². The number of aromatic carboxylic acids is 1. The monoisotopic (exact) mass is 303 g/mol. The standard InChI is InChI=1S/C15H17N3O4/c1-8-3-4-10(14(21)22)7-12(8)17-15-16-9(2)11(5-6-19)13(20)18-15/h3-4,7,19H,5-6H2,1-2H3,(H,21,22)(H2,16,17,18,20). The van der Waals surface area contributed by atoms with Crippen molar-refractivity contribution in [1.29, 1.82) is 0 Å². The molecule has 1 heterocycles. The molecule has 7 heteroatoms. The topological polar surface area (TPSA) is 115 Å². The molecule has 0 aliphatic carbocycles. The second kappa shape index (κ2) is 6.40. The summed E-state index contributed by atoms with van der Waals surface area (Å²) in [6.07, 6.45) is 0.238. The molecule has 0 spiro atoms. The summed E-state index contributed by atoms with van der Waals surface area (Å²) in [6.45, 7) is 3.38. The van der Waals surface area contributed by atoms with Crippen molar-refractivity contribution in [3.05, 3.63) is 50.9 Å². The lowest BCUT2D eigenvalue weighted by Crippen LogP contribution is -2.19. The number of H-pyrrole nitrogens is 1. The zero-order valence-electron chi connectivity index (χ0n) is 12.3. The molecule has 116 valence electrons. The zero-order chi connectivity index (χ0) is 16.3. The molecule has 0 radical (unpaired) electrons. The highest BCUT2D eigenvalue weighted by Crippen LogP contribution is 2.20. The minimum atomic E-state index is -1.03. The Bertz CT molecular complexity index is 768. The Kier molecular flexibility index (Phi) is 4.57. The molecular weight excluding hydrogens is 286 g/mol. The number of aliphatic hydroxyl groups excluding tert-OH is 1. The van der Waals surface area contributed by atoms with Crippen LogP contribution >= 0.6 is 0 Å². The highest BCUT2D eigenvalue weighted by Gasteiger charge is 2.10. The van der Waals surface area contributed by atoms with Crippen LogP contribution in [-0.4, -0.2) is 32.8 Å². The molecule has 0 unspecified atom stereocenters. The van der Waals surface area contributed by atoms with E-state index < -0.39 is 5.97 Å². The lowest BCUT2D eigenvalue weighted by molar-refractivity contribution is 0.0697. The second-order valence-electron chi connectivity index (χ2n) is 4.91. The molecule has 0 atom stereocenters. The van der Waals surface area contributed by atoms with Gasteiger partial charge in [-0.2, -0.15) is 0 Å². The summed E-state index contributed by atoms with van der Waals surface area (Å²) in [5.74, 6) is -0.797. The van der Waals surface area contributed by atoms with Crippen LogP contribution in [0.1, 0.15) is 27.2 Å². The normalized spacial score (nSPS) is 10.5. The van der Waals surface area contributed by atoms with E-state index in [1.807, 2.05) is 6.92 Å². The maximum atomic E-state index is 12.0. The number of hydrogen-bond acceptors (Lipinski definition) is 5. The van der Waals surface area contributed by atoms with Crippen molar-refractivity contribution >= 4 is 17.6 Å². The van der Waals surface area contributed by atoms with E-state index in [1.165, 1.54) is 12.1 Å². The molecule has 0 aliphatic heterocycles. The summed E-state index contributed by atoms with van der Waals surface area (Å²) in [5.41, 5.74) is 2.15. The summed E-state index contributed by atoms with van der Waals surface area (Å²) in [4.78, 5) is 29.8. The number of hydrogen-bond donors (Lipinski definition) is 4. The Balaban J connectivity index is 2.37. The van der Waals surface area contributed by atoms with Crippen LogP contribution in [0.5, 0.6) is 0 Å². The van der Waals surface area contributed by atoms with E-state index in [0.717, 1.165) is 5.56 Å². The first-order chi connectivity index (χ1) is 10.4. The van der Waals surface area contributed by atoms with Crippen molar-refractivity contribution in [2.45, 2.75) is 20.3 Å². The fourth-order valence-electron chi connectivity index (χ4n) is 2.09. The van der Waals surface area contributed by atoms with Gasteiger partial charge in [-0.3, -0.25) is 9.78 Å². The predicted molar refractivity (Wildman–Crippen MR) is 81.8 cm³/mol. The summed E-state index contributed by atoms with van der Waals surface area (Å²) < 4.78 is 0. The van der Waals surface area contributed by atoms with Crippen LogP contribution in [0.2, 0.25) is 0 Å². The number of rotatable bonds is 5. The van der Waals surface area contributed by atoms with Gasteiger partial charge in [-0.1, -0.05) is 6.07 Å². The summed E-state index contributed by atoms with van der Waals surface area (Å²) in [7, 11) is 0. The molecule has 1 aromatic carbocycles. The van der Waals surface area contributed by atoms with Crippen molar-refractivity contribution in [3.63, 3.8) is 0 Å². The number of nitrogens with one attached hydrogen (secondary N) is 2. The minimum Gasteiger partial charge on any atom is -0.478 e. The molecule has 0 amide bonds. The highest BCUT2D eigenvalue weighted by atomic mass is 16.4. The van der Waals surface area contributed by atoms with Crippen LogP contribution in [0, 0.1) is 13.8 Å². The molecule has 0 fully saturated rings. The summed E-state index contributed by atoms with van der Waals surface area (Å²) >= 11 is 0. The number of nitrogens with zero attached hydrogens (tertiary/aromatic N) is 1. The van der Waals surface area contributed by atoms with E-state index in [1.54, 1.807) is 13.0 Å². The molecule has 0 aliphatic rings. The number of aromatic amines is 1. The maximum absolute atomic E-state index is 12.0.